The fourth-order valence-electron chi connectivity index (χ4n) is 3.08. The molecule has 0 bridgehead atoms. The molecular weight excluding hydrogens is 344 g/mol. The molecule has 0 aromatic heterocycles. The molecule has 27 heavy (non-hydrogen) atoms. The maximum atomic E-state index is 12.5. The largest absolute Gasteiger partial charge is 0.491 e. The zero-order valence-corrected chi connectivity index (χ0v) is 15.8. The molecule has 142 valence electrons. The van der Waals surface area contributed by atoms with Crippen LogP contribution in [0.1, 0.15) is 18.1 Å². The smallest absolute Gasteiger partial charge is 0.263 e. The first-order chi connectivity index (χ1) is 13.0. The van der Waals surface area contributed by atoms with Gasteiger partial charge in [-0.05, 0) is 37.6 Å². The molecule has 1 unspecified atom stereocenters. The van der Waals surface area contributed by atoms with E-state index in [0.29, 0.717) is 24.6 Å². The quantitative estimate of drug-likeness (QED) is 0.824. The molecule has 1 N–H and O–H groups in total. The van der Waals surface area contributed by atoms with Crippen molar-refractivity contribution >= 4 is 17.5 Å². The first kappa shape index (κ1) is 18.8. The molecule has 1 aliphatic rings. The fourth-order valence-corrected chi connectivity index (χ4v) is 3.08. The number of benzene rings is 2. The third-order valence-electron chi connectivity index (χ3n) is 4.44. The topological polar surface area (TPSA) is 67.9 Å². The monoisotopic (exact) mass is 368 g/mol. The van der Waals surface area contributed by atoms with Gasteiger partial charge in [-0.15, -0.1) is 0 Å². The van der Waals surface area contributed by atoms with E-state index in [1.807, 2.05) is 44.2 Å². The van der Waals surface area contributed by atoms with E-state index < -0.39 is 6.10 Å². The van der Waals surface area contributed by atoms with Crippen LogP contribution in [0.5, 0.6) is 11.5 Å². The van der Waals surface area contributed by atoms with Crippen LogP contribution in [0.4, 0.5) is 5.69 Å². The van der Waals surface area contributed by atoms with E-state index >= 15 is 0 Å². The molecule has 0 saturated heterocycles. The molecule has 3 rings (SSSR count). The van der Waals surface area contributed by atoms with E-state index in [1.54, 1.807) is 11.0 Å². The van der Waals surface area contributed by atoms with Crippen molar-refractivity contribution < 1.29 is 19.1 Å². The Balaban J connectivity index is 1.55. The van der Waals surface area contributed by atoms with Crippen molar-refractivity contribution in [2.75, 3.05) is 24.6 Å². The Bertz CT molecular complexity index is 850. The highest BCUT2D eigenvalue weighted by molar-refractivity contribution is 5.95. The molecule has 1 aliphatic heterocycles. The Morgan fingerprint density at radius 2 is 2.00 bits per heavy atom. The Morgan fingerprint density at radius 3 is 2.74 bits per heavy atom. The highest BCUT2D eigenvalue weighted by Gasteiger charge is 2.32. The lowest BCUT2D eigenvalue weighted by Crippen LogP contribution is -2.50. The minimum Gasteiger partial charge on any atom is -0.491 e. The molecule has 0 saturated carbocycles. The highest BCUT2D eigenvalue weighted by atomic mass is 16.5. The van der Waals surface area contributed by atoms with Gasteiger partial charge in [0.05, 0.1) is 18.8 Å². The Hall–Kier alpha value is -3.02. The lowest BCUT2D eigenvalue weighted by Gasteiger charge is -2.33. The third kappa shape index (κ3) is 4.39. The third-order valence-corrected chi connectivity index (χ3v) is 4.44. The number of carbonyl (C=O) groups is 2. The standard InChI is InChI=1S/C21H24N2O4/c1-14-8-9-18(15(2)12-14)26-11-10-22-21(25)20-13-23(16(3)24)17-6-4-5-7-19(17)27-20/h4-9,12,20H,10-11,13H2,1-3H3,(H,22,25). The van der Waals surface area contributed by atoms with Gasteiger partial charge in [-0.1, -0.05) is 29.8 Å². The van der Waals surface area contributed by atoms with E-state index in [9.17, 15) is 9.59 Å². The second kappa shape index (κ2) is 8.12. The second-order valence-electron chi connectivity index (χ2n) is 6.61. The van der Waals surface area contributed by atoms with Crippen molar-refractivity contribution in [3.05, 3.63) is 53.6 Å². The predicted octanol–water partition coefficient (Wildman–Crippen LogP) is 2.61. The van der Waals surface area contributed by atoms with Crippen LogP contribution in [0.25, 0.3) is 0 Å². The highest BCUT2D eigenvalue weighted by Crippen LogP contribution is 2.33. The van der Waals surface area contributed by atoms with Crippen molar-refractivity contribution in [2.45, 2.75) is 26.9 Å². The molecule has 6 nitrogen and oxygen atoms in total. The zero-order valence-electron chi connectivity index (χ0n) is 15.8. The summed E-state index contributed by atoms with van der Waals surface area (Å²) in [5, 5.41) is 2.82. The first-order valence-corrected chi connectivity index (χ1v) is 8.97. The van der Waals surface area contributed by atoms with Crippen LogP contribution in [0.2, 0.25) is 0 Å². The van der Waals surface area contributed by atoms with Gasteiger partial charge in [-0.3, -0.25) is 9.59 Å². The Morgan fingerprint density at radius 1 is 1.22 bits per heavy atom. The van der Waals surface area contributed by atoms with E-state index in [1.165, 1.54) is 12.5 Å². The lowest BCUT2D eigenvalue weighted by atomic mass is 10.1. The molecule has 1 atom stereocenters. The van der Waals surface area contributed by atoms with Gasteiger partial charge < -0.3 is 19.7 Å². The minimum absolute atomic E-state index is 0.123. The second-order valence-corrected chi connectivity index (χ2v) is 6.61. The van der Waals surface area contributed by atoms with Gasteiger partial charge in [-0.25, -0.2) is 0 Å². The van der Waals surface area contributed by atoms with Crippen molar-refractivity contribution in [3.8, 4) is 11.5 Å². The number of ether oxygens (including phenoxy) is 2. The summed E-state index contributed by atoms with van der Waals surface area (Å²) in [6, 6.07) is 13.2. The Labute approximate surface area is 159 Å². The summed E-state index contributed by atoms with van der Waals surface area (Å²) in [5.74, 6) is 0.952. The number of rotatable bonds is 5. The Kier molecular flexibility index (Phi) is 5.64. The minimum atomic E-state index is -0.745. The van der Waals surface area contributed by atoms with Crippen molar-refractivity contribution in [2.24, 2.45) is 0 Å². The molecule has 1 heterocycles. The van der Waals surface area contributed by atoms with Crippen molar-refractivity contribution in [1.29, 1.82) is 0 Å². The van der Waals surface area contributed by atoms with Gasteiger partial charge in [0.25, 0.3) is 5.91 Å². The SMILES string of the molecule is CC(=O)N1CC(C(=O)NCCOc2ccc(C)cc2C)Oc2ccccc21. The number of amides is 2. The van der Waals surface area contributed by atoms with Crippen LogP contribution in [0, 0.1) is 13.8 Å². The molecule has 0 fully saturated rings. The molecule has 2 aromatic carbocycles. The van der Waals surface area contributed by atoms with E-state index in [2.05, 4.69) is 11.4 Å². The van der Waals surface area contributed by atoms with Crippen LogP contribution in [-0.4, -0.2) is 37.6 Å². The summed E-state index contributed by atoms with van der Waals surface area (Å²) in [6.45, 7) is 6.41. The molecular formula is C21H24N2O4. The van der Waals surface area contributed by atoms with Crippen LogP contribution < -0.4 is 19.7 Å². The number of hydrogen-bond acceptors (Lipinski definition) is 4. The summed E-state index contributed by atoms with van der Waals surface area (Å²) in [4.78, 5) is 26.0. The normalized spacial score (nSPS) is 15.5. The molecule has 6 heteroatoms. The molecule has 2 aromatic rings. The number of aryl methyl sites for hydroxylation is 2. The number of fused-ring (bicyclic) bond motifs is 1. The van der Waals surface area contributed by atoms with Gasteiger partial charge in [0, 0.05) is 6.92 Å². The van der Waals surface area contributed by atoms with Crippen LogP contribution in [-0.2, 0) is 9.59 Å². The number of nitrogens with one attached hydrogen (secondary N) is 1. The van der Waals surface area contributed by atoms with E-state index in [-0.39, 0.29) is 18.4 Å². The number of hydrogen-bond donors (Lipinski definition) is 1. The molecule has 0 radical (unpaired) electrons. The number of para-hydroxylation sites is 2. The summed E-state index contributed by atoms with van der Waals surface area (Å²) in [6.07, 6.45) is -0.745. The summed E-state index contributed by atoms with van der Waals surface area (Å²) < 4.78 is 11.5. The van der Waals surface area contributed by atoms with Crippen LogP contribution >= 0.6 is 0 Å². The zero-order chi connectivity index (χ0) is 19.4. The van der Waals surface area contributed by atoms with E-state index in [0.717, 1.165) is 11.3 Å². The number of anilines is 1. The predicted molar refractivity (Wildman–Crippen MR) is 103 cm³/mol. The maximum absolute atomic E-state index is 12.5. The van der Waals surface area contributed by atoms with Crippen molar-refractivity contribution in [3.63, 3.8) is 0 Å². The van der Waals surface area contributed by atoms with Gasteiger partial charge in [0.1, 0.15) is 18.1 Å². The van der Waals surface area contributed by atoms with Gasteiger partial charge >= 0.3 is 0 Å². The average molecular weight is 368 g/mol. The summed E-state index contributed by atoms with van der Waals surface area (Å²) >= 11 is 0. The molecule has 0 spiro atoms. The van der Waals surface area contributed by atoms with Gasteiger partial charge in [0.2, 0.25) is 5.91 Å². The fraction of sp³-hybridized carbons (Fsp3) is 0.333. The molecule has 2 amide bonds. The molecule has 0 aliphatic carbocycles. The van der Waals surface area contributed by atoms with Gasteiger partial charge in [-0.2, -0.15) is 0 Å². The first-order valence-electron chi connectivity index (χ1n) is 8.97. The van der Waals surface area contributed by atoms with Crippen LogP contribution in [0.3, 0.4) is 0 Å². The lowest BCUT2D eigenvalue weighted by molar-refractivity contribution is -0.128. The average Bonchev–Trinajstić information content (AvgIpc) is 2.65. The van der Waals surface area contributed by atoms with Gasteiger partial charge in [0.15, 0.2) is 6.10 Å². The maximum Gasteiger partial charge on any atom is 0.263 e. The van der Waals surface area contributed by atoms with E-state index in [4.69, 9.17) is 9.47 Å². The number of nitrogens with zero attached hydrogens (tertiary/aromatic N) is 1. The summed E-state index contributed by atoms with van der Waals surface area (Å²) in [7, 11) is 0. The van der Waals surface area contributed by atoms with Crippen molar-refractivity contribution in [1.82, 2.24) is 5.32 Å². The summed E-state index contributed by atoms with van der Waals surface area (Å²) in [5.41, 5.74) is 2.93. The van der Waals surface area contributed by atoms with Crippen LogP contribution in [0.15, 0.2) is 42.5 Å². The number of carbonyl (C=O) groups excluding carboxylic acids is 2.